The predicted molar refractivity (Wildman–Crippen MR) is 100.0 cm³/mol. The molecule has 1 rings (SSSR count). The van der Waals surface area contributed by atoms with Gasteiger partial charge < -0.3 is 9.30 Å². The topological polar surface area (TPSA) is 29.5 Å². The van der Waals surface area contributed by atoms with Crippen LogP contribution in [0, 0.1) is 0 Å². The van der Waals surface area contributed by atoms with E-state index in [9.17, 15) is 4.79 Å². The summed E-state index contributed by atoms with van der Waals surface area (Å²) in [6.45, 7) is 17.2. The van der Waals surface area contributed by atoms with E-state index in [0.29, 0.717) is 12.5 Å². The molecule has 0 radical (unpaired) electrons. The fraction of sp³-hybridized carbons (Fsp3) is 0.632. The third-order valence-electron chi connectivity index (χ3n) is 3.63. The molecule has 0 fully saturated rings. The average molecular weight is 336 g/mol. The Hall–Kier alpha value is -1.13. The number of esters is 1. The van der Waals surface area contributed by atoms with Gasteiger partial charge in [0.1, 0.15) is 13.8 Å². The minimum atomic E-state index is -1.60. The molecule has 0 aromatic heterocycles. The van der Waals surface area contributed by atoms with Crippen LogP contribution in [0.2, 0.25) is 19.6 Å². The van der Waals surface area contributed by atoms with E-state index in [1.807, 2.05) is 39.0 Å². The van der Waals surface area contributed by atoms with Crippen LogP contribution in [0.1, 0.15) is 52.6 Å². The van der Waals surface area contributed by atoms with Crippen LogP contribution >= 0.6 is 0 Å². The molecule has 1 aromatic rings. The summed E-state index contributed by atoms with van der Waals surface area (Å²) in [5.74, 6) is -0.129. The lowest BCUT2D eigenvalue weighted by atomic mass is 10.0. The normalized spacial score (nSPS) is 14.2. The van der Waals surface area contributed by atoms with Crippen molar-refractivity contribution < 1.29 is 9.53 Å². The molecule has 23 heavy (non-hydrogen) atoms. The van der Waals surface area contributed by atoms with Crippen LogP contribution in [0.3, 0.4) is 0 Å². The highest BCUT2D eigenvalue weighted by Crippen LogP contribution is 2.32. The van der Waals surface area contributed by atoms with Crippen molar-refractivity contribution in [3.8, 4) is 0 Å². The molecule has 3 nitrogen and oxygen atoms in total. The van der Waals surface area contributed by atoms with E-state index in [2.05, 4.69) is 50.2 Å². The highest BCUT2D eigenvalue weighted by atomic mass is 28.3. The Morgan fingerprint density at radius 3 is 2.04 bits per heavy atom. The number of benzene rings is 1. The zero-order chi connectivity index (χ0) is 17.8. The predicted octanol–water partition coefficient (Wildman–Crippen LogP) is 5.00. The molecular weight excluding hydrogens is 302 g/mol. The van der Waals surface area contributed by atoms with Crippen LogP contribution < -0.4 is 0 Å². The van der Waals surface area contributed by atoms with Crippen molar-refractivity contribution in [1.82, 2.24) is 4.57 Å². The molecule has 0 unspecified atom stereocenters. The minimum absolute atomic E-state index is 0.0673. The van der Waals surface area contributed by atoms with Gasteiger partial charge in [-0.2, -0.15) is 0 Å². The van der Waals surface area contributed by atoms with Crippen molar-refractivity contribution in [1.29, 1.82) is 0 Å². The molecule has 0 spiro atoms. The van der Waals surface area contributed by atoms with Gasteiger partial charge in [0.05, 0.1) is 6.42 Å². The molecule has 4 heteroatoms. The summed E-state index contributed by atoms with van der Waals surface area (Å²) in [4.78, 5) is 12.5. The van der Waals surface area contributed by atoms with Gasteiger partial charge in [0, 0.05) is 6.04 Å². The number of hydrogen-bond acceptors (Lipinski definition) is 3. The lowest BCUT2D eigenvalue weighted by Gasteiger charge is -2.44. The molecule has 1 atom stereocenters. The smallest absolute Gasteiger partial charge is 0.308 e. The molecule has 0 N–H and O–H groups in total. The van der Waals surface area contributed by atoms with Gasteiger partial charge in [-0.15, -0.1) is 0 Å². The van der Waals surface area contributed by atoms with Crippen molar-refractivity contribution in [2.24, 2.45) is 0 Å². The first kappa shape index (κ1) is 19.9. The van der Waals surface area contributed by atoms with Crippen LogP contribution in [-0.2, 0) is 9.53 Å². The standard InChI is InChI=1S/C19H33NO2Si/c1-15(2)20(23(6,7)8)17(16-12-10-9-11-13-16)14-18(21)22-19(3,4)5/h9-13,15,17H,14H2,1-8H3/t17-/m1/s1. The molecule has 0 bridgehead atoms. The lowest BCUT2D eigenvalue weighted by molar-refractivity contribution is -0.156. The van der Waals surface area contributed by atoms with E-state index >= 15 is 0 Å². The fourth-order valence-corrected chi connectivity index (χ4v) is 5.92. The fourth-order valence-electron chi connectivity index (χ4n) is 3.20. The second-order valence-electron chi connectivity index (χ2n) is 8.39. The molecule has 0 aliphatic heterocycles. The van der Waals surface area contributed by atoms with Gasteiger partial charge in [0.25, 0.3) is 0 Å². The summed E-state index contributed by atoms with van der Waals surface area (Å²) in [7, 11) is -1.60. The van der Waals surface area contributed by atoms with E-state index in [1.54, 1.807) is 0 Å². The van der Waals surface area contributed by atoms with Crippen LogP contribution in [0.25, 0.3) is 0 Å². The monoisotopic (exact) mass is 335 g/mol. The quantitative estimate of drug-likeness (QED) is 0.541. The third kappa shape index (κ3) is 6.48. The number of rotatable bonds is 6. The molecule has 0 amide bonds. The highest BCUT2D eigenvalue weighted by molar-refractivity contribution is 6.73. The lowest BCUT2D eigenvalue weighted by Crippen LogP contribution is -2.52. The number of carbonyl (C=O) groups excluding carboxylic acids is 1. The van der Waals surface area contributed by atoms with Gasteiger partial charge in [-0.1, -0.05) is 63.8 Å². The van der Waals surface area contributed by atoms with E-state index < -0.39 is 13.8 Å². The van der Waals surface area contributed by atoms with Crippen LogP contribution in [0.15, 0.2) is 30.3 Å². The Balaban J connectivity index is 3.15. The first-order valence-electron chi connectivity index (χ1n) is 8.47. The number of nitrogens with zero attached hydrogens (tertiary/aromatic N) is 1. The van der Waals surface area contributed by atoms with Gasteiger partial charge in [-0.3, -0.25) is 4.79 Å². The van der Waals surface area contributed by atoms with Crippen molar-refractivity contribution >= 4 is 14.2 Å². The van der Waals surface area contributed by atoms with E-state index in [4.69, 9.17) is 4.74 Å². The van der Waals surface area contributed by atoms with Gasteiger partial charge in [0.2, 0.25) is 0 Å². The van der Waals surface area contributed by atoms with Crippen LogP contribution in [0.4, 0.5) is 0 Å². The minimum Gasteiger partial charge on any atom is -0.460 e. The Morgan fingerprint density at radius 2 is 1.65 bits per heavy atom. The van der Waals surface area contributed by atoms with Gasteiger partial charge in [0.15, 0.2) is 0 Å². The Kier molecular flexibility index (Phi) is 6.60. The summed E-state index contributed by atoms with van der Waals surface area (Å²) in [6, 6.07) is 10.8. The first-order valence-corrected chi connectivity index (χ1v) is 11.9. The van der Waals surface area contributed by atoms with Crippen molar-refractivity contribution in [2.45, 2.75) is 78.4 Å². The van der Waals surface area contributed by atoms with E-state index in [1.165, 1.54) is 5.56 Å². The number of hydrogen-bond donors (Lipinski definition) is 0. The van der Waals surface area contributed by atoms with Crippen molar-refractivity contribution in [3.05, 3.63) is 35.9 Å². The average Bonchev–Trinajstić information content (AvgIpc) is 2.34. The highest BCUT2D eigenvalue weighted by Gasteiger charge is 2.35. The maximum Gasteiger partial charge on any atom is 0.308 e. The largest absolute Gasteiger partial charge is 0.460 e. The Bertz CT molecular complexity index is 500. The molecule has 0 aliphatic carbocycles. The molecule has 0 heterocycles. The molecule has 0 saturated heterocycles. The summed E-state index contributed by atoms with van der Waals surface area (Å²) in [5, 5.41) is 0. The van der Waals surface area contributed by atoms with Gasteiger partial charge in [-0.25, -0.2) is 0 Å². The second-order valence-corrected chi connectivity index (χ2v) is 13.2. The van der Waals surface area contributed by atoms with Crippen LogP contribution in [0.5, 0.6) is 0 Å². The van der Waals surface area contributed by atoms with Gasteiger partial charge in [-0.05, 0) is 32.4 Å². The molecule has 0 aliphatic rings. The maximum absolute atomic E-state index is 12.5. The van der Waals surface area contributed by atoms with E-state index in [0.717, 1.165) is 0 Å². The summed E-state index contributed by atoms with van der Waals surface area (Å²) in [5.41, 5.74) is 0.745. The summed E-state index contributed by atoms with van der Waals surface area (Å²) >= 11 is 0. The third-order valence-corrected chi connectivity index (χ3v) is 6.01. The molecule has 1 aromatic carbocycles. The summed E-state index contributed by atoms with van der Waals surface area (Å²) < 4.78 is 8.12. The summed E-state index contributed by atoms with van der Waals surface area (Å²) in [6.07, 6.45) is 0.393. The molecule has 0 saturated carbocycles. The van der Waals surface area contributed by atoms with Gasteiger partial charge >= 0.3 is 5.97 Å². The second kappa shape index (κ2) is 7.62. The zero-order valence-corrected chi connectivity index (χ0v) is 17.0. The number of carbonyl (C=O) groups is 1. The molecule has 130 valence electrons. The van der Waals surface area contributed by atoms with E-state index in [-0.39, 0.29) is 12.0 Å². The van der Waals surface area contributed by atoms with Crippen LogP contribution in [-0.4, -0.2) is 30.4 Å². The number of ether oxygens (including phenoxy) is 1. The molecular formula is C19H33NO2Si. The van der Waals surface area contributed by atoms with Crippen molar-refractivity contribution in [2.75, 3.05) is 0 Å². The zero-order valence-electron chi connectivity index (χ0n) is 16.0. The Labute approximate surface area is 143 Å². The SMILES string of the molecule is CC(C)N([C@H](CC(=O)OC(C)(C)C)c1ccccc1)[Si](C)(C)C. The maximum atomic E-state index is 12.5. The Morgan fingerprint density at radius 1 is 1.13 bits per heavy atom. The first-order chi connectivity index (χ1) is 10.4. The van der Waals surface area contributed by atoms with Crippen molar-refractivity contribution in [3.63, 3.8) is 0 Å².